The minimum atomic E-state index is -3.61. The molecule has 5 nitrogen and oxygen atoms in total. The van der Waals surface area contributed by atoms with Crippen LogP contribution in [-0.4, -0.2) is 18.0 Å². The Balaban J connectivity index is 1.50. The first-order valence-electron chi connectivity index (χ1n) is 9.51. The van der Waals surface area contributed by atoms with Crippen LogP contribution in [-0.2, 0) is 29.9 Å². The predicted molar refractivity (Wildman–Crippen MR) is 117 cm³/mol. The van der Waals surface area contributed by atoms with Gasteiger partial charge in [-0.2, -0.15) is 0 Å². The van der Waals surface area contributed by atoms with Gasteiger partial charge in [0.2, 0.25) is 0 Å². The van der Waals surface area contributed by atoms with E-state index in [0.717, 1.165) is 40.8 Å². The number of hydrogen-bond acceptors (Lipinski definition) is 3. The number of aryl methyl sites for hydroxylation is 4. The number of para-hydroxylation sites is 2. The zero-order valence-electron chi connectivity index (χ0n) is 16.5. The molecule has 0 radical (unpaired) electrons. The third-order valence-electron chi connectivity index (χ3n) is 5.00. The maximum absolute atomic E-state index is 12.7. The van der Waals surface area contributed by atoms with Crippen LogP contribution in [0.1, 0.15) is 17.0 Å². The van der Waals surface area contributed by atoms with Gasteiger partial charge in [0.15, 0.2) is 0 Å². The molecule has 0 spiro atoms. The van der Waals surface area contributed by atoms with Crippen LogP contribution in [0.5, 0.6) is 0 Å². The molecule has 4 rings (SSSR count). The highest BCUT2D eigenvalue weighted by Crippen LogP contribution is 2.20. The minimum absolute atomic E-state index is 0.266. The Labute approximate surface area is 171 Å². The van der Waals surface area contributed by atoms with Crippen LogP contribution < -0.4 is 4.72 Å². The van der Waals surface area contributed by atoms with E-state index in [4.69, 9.17) is 4.98 Å². The van der Waals surface area contributed by atoms with E-state index in [-0.39, 0.29) is 4.90 Å². The molecule has 0 atom stereocenters. The summed E-state index contributed by atoms with van der Waals surface area (Å²) in [5, 5.41) is 0. The highest BCUT2D eigenvalue weighted by atomic mass is 32.2. The fourth-order valence-electron chi connectivity index (χ4n) is 3.46. The van der Waals surface area contributed by atoms with E-state index in [0.29, 0.717) is 5.69 Å². The van der Waals surface area contributed by atoms with Gasteiger partial charge in [0.25, 0.3) is 10.0 Å². The lowest BCUT2D eigenvalue weighted by atomic mass is 10.1. The fraction of sp³-hybridized carbons (Fsp3) is 0.174. The van der Waals surface area contributed by atoms with Crippen molar-refractivity contribution in [3.8, 4) is 0 Å². The maximum Gasteiger partial charge on any atom is 0.261 e. The van der Waals surface area contributed by atoms with Gasteiger partial charge in [-0.25, -0.2) is 13.4 Å². The van der Waals surface area contributed by atoms with E-state index in [2.05, 4.69) is 15.4 Å². The third kappa shape index (κ3) is 4.17. The van der Waals surface area contributed by atoms with Crippen LogP contribution in [0.3, 0.4) is 0 Å². The highest BCUT2D eigenvalue weighted by molar-refractivity contribution is 7.92. The number of sulfonamides is 1. The van der Waals surface area contributed by atoms with Gasteiger partial charge in [-0.15, -0.1) is 0 Å². The Kier molecular flexibility index (Phi) is 5.11. The molecule has 4 aromatic rings. The summed E-state index contributed by atoms with van der Waals surface area (Å²) in [5.74, 6) is 1.01. The quantitative estimate of drug-likeness (QED) is 0.515. The van der Waals surface area contributed by atoms with Crippen molar-refractivity contribution < 1.29 is 8.42 Å². The molecule has 1 heterocycles. The lowest BCUT2D eigenvalue weighted by Crippen LogP contribution is -2.13. The molecule has 3 aromatic carbocycles. The number of rotatable bonds is 6. The highest BCUT2D eigenvalue weighted by Gasteiger charge is 2.14. The molecule has 6 heteroatoms. The molecule has 0 aliphatic heterocycles. The van der Waals surface area contributed by atoms with Crippen LogP contribution in [0.15, 0.2) is 77.7 Å². The second kappa shape index (κ2) is 7.72. The number of aromatic nitrogens is 2. The Bertz CT molecular complexity index is 1280. The van der Waals surface area contributed by atoms with Crippen molar-refractivity contribution in [1.29, 1.82) is 0 Å². The molecule has 0 fully saturated rings. The summed E-state index contributed by atoms with van der Waals surface area (Å²) in [4.78, 5) is 4.97. The number of benzene rings is 3. The molecule has 0 saturated carbocycles. The van der Waals surface area contributed by atoms with E-state index in [1.807, 2.05) is 56.4 Å². The number of imidazole rings is 1. The first-order valence-corrected chi connectivity index (χ1v) is 11.0. The number of anilines is 1. The van der Waals surface area contributed by atoms with E-state index in [1.165, 1.54) is 0 Å². The summed E-state index contributed by atoms with van der Waals surface area (Å²) >= 11 is 0. The minimum Gasteiger partial charge on any atom is -0.331 e. The molecule has 0 aliphatic carbocycles. The van der Waals surface area contributed by atoms with Crippen LogP contribution in [0, 0.1) is 6.92 Å². The van der Waals surface area contributed by atoms with Gasteiger partial charge in [0, 0.05) is 19.2 Å². The molecule has 0 aliphatic rings. The summed E-state index contributed by atoms with van der Waals surface area (Å²) in [5.41, 5.74) is 4.63. The summed E-state index contributed by atoms with van der Waals surface area (Å²) in [7, 11) is -1.59. The number of hydrogen-bond donors (Lipinski definition) is 1. The Hall–Kier alpha value is -3.12. The van der Waals surface area contributed by atoms with Crippen molar-refractivity contribution in [1.82, 2.24) is 9.55 Å². The van der Waals surface area contributed by atoms with Gasteiger partial charge in [-0.3, -0.25) is 4.72 Å². The molecule has 0 amide bonds. The second-order valence-corrected chi connectivity index (χ2v) is 8.88. The number of fused-ring (bicyclic) bond motifs is 1. The topological polar surface area (TPSA) is 64.0 Å². The predicted octanol–water partition coefficient (Wildman–Crippen LogP) is 4.47. The molecule has 1 N–H and O–H groups in total. The maximum atomic E-state index is 12.7. The molecule has 29 heavy (non-hydrogen) atoms. The summed E-state index contributed by atoms with van der Waals surface area (Å²) in [6, 6.07) is 22.5. The Morgan fingerprint density at radius 2 is 1.72 bits per heavy atom. The molecular weight excluding hydrogens is 382 g/mol. The van der Waals surface area contributed by atoms with Gasteiger partial charge in [0.05, 0.1) is 15.9 Å². The van der Waals surface area contributed by atoms with E-state index in [1.54, 1.807) is 24.3 Å². The van der Waals surface area contributed by atoms with Gasteiger partial charge in [0.1, 0.15) is 5.82 Å². The SMILES string of the molecule is Cc1cccc(S(=O)(=O)Nc2cccc(CCc3nc4ccccc4n3C)c2)c1. The Morgan fingerprint density at radius 3 is 2.52 bits per heavy atom. The van der Waals surface area contributed by atoms with Crippen molar-refractivity contribution in [2.24, 2.45) is 7.05 Å². The normalized spacial score (nSPS) is 11.7. The summed E-state index contributed by atoms with van der Waals surface area (Å²) < 4.78 is 30.1. The zero-order valence-corrected chi connectivity index (χ0v) is 17.3. The first kappa shape index (κ1) is 19.2. The van der Waals surface area contributed by atoms with Crippen molar-refractivity contribution in [2.75, 3.05) is 4.72 Å². The largest absolute Gasteiger partial charge is 0.331 e. The third-order valence-corrected chi connectivity index (χ3v) is 6.38. The molecule has 0 unspecified atom stereocenters. The lowest BCUT2D eigenvalue weighted by Gasteiger charge is -2.10. The van der Waals surface area contributed by atoms with Crippen molar-refractivity contribution in [3.63, 3.8) is 0 Å². The van der Waals surface area contributed by atoms with Crippen molar-refractivity contribution in [3.05, 3.63) is 89.7 Å². The van der Waals surface area contributed by atoms with Gasteiger partial charge < -0.3 is 4.57 Å². The van der Waals surface area contributed by atoms with Gasteiger partial charge in [-0.05, 0) is 60.9 Å². The molecule has 0 bridgehead atoms. The average Bonchev–Trinajstić information content (AvgIpc) is 3.02. The number of nitrogens with one attached hydrogen (secondary N) is 1. The van der Waals surface area contributed by atoms with Crippen molar-refractivity contribution >= 4 is 26.7 Å². The van der Waals surface area contributed by atoms with E-state index in [9.17, 15) is 8.42 Å². The van der Waals surface area contributed by atoms with Gasteiger partial charge >= 0.3 is 0 Å². The van der Waals surface area contributed by atoms with Crippen LogP contribution in [0.2, 0.25) is 0 Å². The molecule has 0 saturated heterocycles. The van der Waals surface area contributed by atoms with Crippen LogP contribution in [0.4, 0.5) is 5.69 Å². The van der Waals surface area contributed by atoms with Crippen LogP contribution in [0.25, 0.3) is 11.0 Å². The standard InChI is InChI=1S/C23H23N3O2S/c1-17-7-5-10-20(15-17)29(27,28)25-19-9-6-8-18(16-19)13-14-23-24-21-11-3-4-12-22(21)26(23)2/h3-12,15-16,25H,13-14H2,1-2H3. The summed E-state index contributed by atoms with van der Waals surface area (Å²) in [6.07, 6.45) is 1.55. The fourth-order valence-corrected chi connectivity index (χ4v) is 4.62. The molecule has 148 valence electrons. The summed E-state index contributed by atoms with van der Waals surface area (Å²) in [6.45, 7) is 1.88. The monoisotopic (exact) mass is 405 g/mol. The first-order chi connectivity index (χ1) is 13.9. The van der Waals surface area contributed by atoms with E-state index < -0.39 is 10.0 Å². The molecule has 1 aromatic heterocycles. The lowest BCUT2D eigenvalue weighted by molar-refractivity contribution is 0.601. The van der Waals surface area contributed by atoms with Crippen molar-refractivity contribution in [2.45, 2.75) is 24.7 Å². The Morgan fingerprint density at radius 1 is 0.931 bits per heavy atom. The second-order valence-electron chi connectivity index (χ2n) is 7.20. The zero-order chi connectivity index (χ0) is 20.4. The van der Waals surface area contributed by atoms with E-state index >= 15 is 0 Å². The number of nitrogens with zero attached hydrogens (tertiary/aromatic N) is 2. The van der Waals surface area contributed by atoms with Gasteiger partial charge in [-0.1, -0.05) is 36.4 Å². The smallest absolute Gasteiger partial charge is 0.261 e. The van der Waals surface area contributed by atoms with Crippen LogP contribution >= 0.6 is 0 Å². The average molecular weight is 406 g/mol. The molecular formula is C23H23N3O2S.